The average molecular weight is 349 g/mol. The fourth-order valence-corrected chi connectivity index (χ4v) is 2.95. The summed E-state index contributed by atoms with van der Waals surface area (Å²) >= 11 is 0. The van der Waals surface area contributed by atoms with Gasteiger partial charge in [-0.1, -0.05) is 6.08 Å². The third-order valence-electron chi connectivity index (χ3n) is 4.07. The first-order valence-electron chi connectivity index (χ1n) is 8.03. The molecular formula is C17H23N3O5. The average Bonchev–Trinajstić information content (AvgIpc) is 2.60. The fourth-order valence-electron chi connectivity index (χ4n) is 2.95. The van der Waals surface area contributed by atoms with E-state index in [1.165, 1.54) is 13.2 Å². The number of nitrogens with one attached hydrogen (secondary N) is 1. The number of fused-ring (bicyclic) bond motifs is 1. The molecule has 1 atom stereocenters. The highest BCUT2D eigenvalue weighted by Gasteiger charge is 2.31. The normalized spacial score (nSPS) is 15.9. The SMILES string of the molecule is C=CCC1CN(CCCOC)c2cc(C(=O)OC)cc([N+](=O)[O-])c2N1. The van der Waals surface area contributed by atoms with Gasteiger partial charge >= 0.3 is 5.97 Å². The summed E-state index contributed by atoms with van der Waals surface area (Å²) in [4.78, 5) is 25.0. The summed E-state index contributed by atoms with van der Waals surface area (Å²) in [5.74, 6) is -0.601. The smallest absolute Gasteiger partial charge is 0.338 e. The van der Waals surface area contributed by atoms with Crippen LogP contribution >= 0.6 is 0 Å². The van der Waals surface area contributed by atoms with Crippen molar-refractivity contribution < 1.29 is 19.2 Å². The number of methoxy groups -OCH3 is 2. The molecule has 0 radical (unpaired) electrons. The lowest BCUT2D eigenvalue weighted by Crippen LogP contribution is -2.42. The number of nitro benzene ring substituents is 1. The molecule has 1 aromatic rings. The van der Waals surface area contributed by atoms with E-state index < -0.39 is 10.9 Å². The summed E-state index contributed by atoms with van der Waals surface area (Å²) < 4.78 is 9.82. The molecule has 0 fully saturated rings. The quantitative estimate of drug-likeness (QED) is 0.253. The highest BCUT2D eigenvalue weighted by Crippen LogP contribution is 2.40. The third-order valence-corrected chi connectivity index (χ3v) is 4.07. The minimum atomic E-state index is -0.601. The van der Waals surface area contributed by atoms with E-state index in [9.17, 15) is 14.9 Å². The first-order chi connectivity index (χ1) is 12.0. The molecular weight excluding hydrogens is 326 g/mol. The number of anilines is 2. The van der Waals surface area contributed by atoms with Crippen molar-refractivity contribution in [2.75, 3.05) is 44.1 Å². The van der Waals surface area contributed by atoms with Gasteiger partial charge in [0.15, 0.2) is 0 Å². The number of esters is 1. The van der Waals surface area contributed by atoms with E-state index >= 15 is 0 Å². The topological polar surface area (TPSA) is 93.9 Å². The lowest BCUT2D eigenvalue weighted by molar-refractivity contribution is -0.384. The molecule has 0 aliphatic carbocycles. The minimum Gasteiger partial charge on any atom is -0.465 e. The highest BCUT2D eigenvalue weighted by atomic mass is 16.6. The first-order valence-corrected chi connectivity index (χ1v) is 8.03. The molecule has 0 saturated carbocycles. The summed E-state index contributed by atoms with van der Waals surface area (Å²) in [6.45, 7) is 5.65. The molecule has 25 heavy (non-hydrogen) atoms. The Morgan fingerprint density at radius 2 is 2.28 bits per heavy atom. The second-order valence-electron chi connectivity index (χ2n) is 5.80. The number of nitro groups is 1. The van der Waals surface area contributed by atoms with E-state index in [0.29, 0.717) is 37.5 Å². The minimum absolute atomic E-state index is 0.00946. The molecule has 1 unspecified atom stereocenters. The molecule has 0 bridgehead atoms. The molecule has 0 spiro atoms. The Hall–Kier alpha value is -2.61. The molecule has 1 N–H and O–H groups in total. The summed E-state index contributed by atoms with van der Waals surface area (Å²) in [5.41, 5.74) is 1.08. The molecule has 136 valence electrons. The molecule has 8 nitrogen and oxygen atoms in total. The Morgan fingerprint density at radius 3 is 2.88 bits per heavy atom. The van der Waals surface area contributed by atoms with Crippen molar-refractivity contribution in [1.82, 2.24) is 0 Å². The van der Waals surface area contributed by atoms with Crippen LogP contribution in [-0.4, -0.2) is 50.9 Å². The van der Waals surface area contributed by atoms with Crippen molar-refractivity contribution in [2.24, 2.45) is 0 Å². The van der Waals surface area contributed by atoms with Crippen LogP contribution in [0.4, 0.5) is 17.1 Å². The zero-order valence-corrected chi connectivity index (χ0v) is 14.5. The summed E-state index contributed by atoms with van der Waals surface area (Å²) in [5, 5.41) is 14.7. The van der Waals surface area contributed by atoms with Crippen LogP contribution in [0.25, 0.3) is 0 Å². The van der Waals surface area contributed by atoms with Crippen LogP contribution in [0.1, 0.15) is 23.2 Å². The highest BCUT2D eigenvalue weighted by molar-refractivity contribution is 5.95. The second kappa shape index (κ2) is 8.48. The Balaban J connectivity index is 2.48. The van der Waals surface area contributed by atoms with Gasteiger partial charge in [0, 0.05) is 38.9 Å². The van der Waals surface area contributed by atoms with E-state index in [-0.39, 0.29) is 17.3 Å². The Kier molecular flexibility index (Phi) is 6.35. The Bertz CT molecular complexity index is 662. The molecule has 1 aliphatic rings. The molecule has 1 aromatic carbocycles. The van der Waals surface area contributed by atoms with E-state index in [4.69, 9.17) is 9.47 Å². The molecule has 0 saturated heterocycles. The van der Waals surface area contributed by atoms with Crippen LogP contribution in [-0.2, 0) is 9.47 Å². The zero-order chi connectivity index (χ0) is 18.4. The van der Waals surface area contributed by atoms with Crippen molar-refractivity contribution in [1.29, 1.82) is 0 Å². The van der Waals surface area contributed by atoms with Gasteiger partial charge in [-0.3, -0.25) is 10.1 Å². The second-order valence-corrected chi connectivity index (χ2v) is 5.80. The van der Waals surface area contributed by atoms with Crippen LogP contribution in [0.2, 0.25) is 0 Å². The van der Waals surface area contributed by atoms with Crippen molar-refractivity contribution in [3.63, 3.8) is 0 Å². The lowest BCUT2D eigenvalue weighted by Gasteiger charge is -2.37. The van der Waals surface area contributed by atoms with Gasteiger partial charge < -0.3 is 19.7 Å². The van der Waals surface area contributed by atoms with Gasteiger partial charge in [0.1, 0.15) is 5.69 Å². The van der Waals surface area contributed by atoms with Gasteiger partial charge in [0.2, 0.25) is 0 Å². The Morgan fingerprint density at radius 1 is 1.52 bits per heavy atom. The van der Waals surface area contributed by atoms with Gasteiger partial charge in [-0.2, -0.15) is 0 Å². The third kappa shape index (κ3) is 4.27. The van der Waals surface area contributed by atoms with E-state index in [0.717, 1.165) is 6.42 Å². The summed E-state index contributed by atoms with van der Waals surface area (Å²) in [7, 11) is 2.88. The van der Waals surface area contributed by atoms with Crippen molar-refractivity contribution >= 4 is 23.0 Å². The van der Waals surface area contributed by atoms with E-state index in [1.807, 2.05) is 4.90 Å². The van der Waals surface area contributed by atoms with Crippen molar-refractivity contribution in [3.8, 4) is 0 Å². The summed E-state index contributed by atoms with van der Waals surface area (Å²) in [6, 6.07) is 2.90. The van der Waals surface area contributed by atoms with Gasteiger partial charge in [-0.15, -0.1) is 6.58 Å². The maximum atomic E-state index is 11.9. The predicted octanol–water partition coefficient (Wildman–Crippen LogP) is 2.59. The summed E-state index contributed by atoms with van der Waals surface area (Å²) in [6.07, 6.45) is 3.23. The zero-order valence-electron chi connectivity index (χ0n) is 14.5. The first kappa shape index (κ1) is 18.7. The van der Waals surface area contributed by atoms with Gasteiger partial charge in [-0.25, -0.2) is 4.79 Å². The van der Waals surface area contributed by atoms with Crippen LogP contribution in [0, 0.1) is 10.1 Å². The molecule has 2 rings (SSSR count). The molecule has 0 aromatic heterocycles. The number of ether oxygens (including phenoxy) is 2. The van der Waals surface area contributed by atoms with E-state index in [2.05, 4.69) is 11.9 Å². The standard InChI is InChI=1S/C17H23N3O5/c1-4-6-13-11-19(7-5-8-24-2)14-9-12(17(21)25-3)10-15(20(22)23)16(14)18-13/h4,9-10,13,18H,1,5-8,11H2,2-3H3. The fraction of sp³-hybridized carbons (Fsp3) is 0.471. The van der Waals surface area contributed by atoms with Crippen molar-refractivity contribution in [2.45, 2.75) is 18.9 Å². The van der Waals surface area contributed by atoms with Gasteiger partial charge in [-0.05, 0) is 18.9 Å². The number of rotatable bonds is 8. The number of hydrogen-bond donors (Lipinski definition) is 1. The number of benzene rings is 1. The van der Waals surface area contributed by atoms with Crippen molar-refractivity contribution in [3.05, 3.63) is 40.5 Å². The number of carbonyl (C=O) groups is 1. The monoisotopic (exact) mass is 349 g/mol. The largest absolute Gasteiger partial charge is 0.465 e. The van der Waals surface area contributed by atoms with Gasteiger partial charge in [0.05, 0.1) is 23.3 Å². The van der Waals surface area contributed by atoms with Gasteiger partial charge in [0.25, 0.3) is 5.69 Å². The molecule has 8 heteroatoms. The maximum absolute atomic E-state index is 11.9. The number of nitrogens with zero attached hydrogens (tertiary/aromatic N) is 2. The predicted molar refractivity (Wildman–Crippen MR) is 95.4 cm³/mol. The van der Waals surface area contributed by atoms with E-state index in [1.54, 1.807) is 19.3 Å². The van der Waals surface area contributed by atoms with Crippen LogP contribution < -0.4 is 10.2 Å². The number of carbonyl (C=O) groups excluding carboxylic acids is 1. The lowest BCUT2D eigenvalue weighted by atomic mass is 10.0. The van der Waals surface area contributed by atoms with Crippen LogP contribution in [0.5, 0.6) is 0 Å². The molecule has 1 heterocycles. The maximum Gasteiger partial charge on any atom is 0.338 e. The van der Waals surface area contributed by atoms with Crippen LogP contribution in [0.3, 0.4) is 0 Å². The number of hydrogen-bond acceptors (Lipinski definition) is 7. The molecule has 1 aliphatic heterocycles. The molecule has 0 amide bonds. The van der Waals surface area contributed by atoms with Crippen LogP contribution in [0.15, 0.2) is 24.8 Å². The Labute approximate surface area is 146 Å².